The molecule has 0 spiro atoms. The van der Waals surface area contributed by atoms with E-state index in [0.29, 0.717) is 51.6 Å². The number of guanidine groups is 1. The third kappa shape index (κ3) is 9.00. The maximum absolute atomic E-state index is 13.3. The summed E-state index contributed by atoms with van der Waals surface area (Å²) in [7, 11) is 0. The molecule has 35 heavy (non-hydrogen) atoms. The number of hydrogen-bond donors (Lipinski definition) is 6. The van der Waals surface area contributed by atoms with Crippen molar-refractivity contribution in [2.75, 3.05) is 13.1 Å². The van der Waals surface area contributed by atoms with E-state index in [0.717, 1.165) is 0 Å². The predicted octanol–water partition coefficient (Wildman–Crippen LogP) is -0.495. The van der Waals surface area contributed by atoms with E-state index in [1.807, 2.05) is 27.7 Å². The molecule has 12 nitrogen and oxygen atoms in total. The summed E-state index contributed by atoms with van der Waals surface area (Å²) in [6.45, 7) is 8.12. The van der Waals surface area contributed by atoms with Crippen LogP contribution in [0.3, 0.4) is 0 Å². The number of nitrogens with one attached hydrogen (secondary N) is 2. The maximum atomic E-state index is 13.3. The summed E-state index contributed by atoms with van der Waals surface area (Å²) in [6, 6.07) is -3.54. The zero-order valence-electron chi connectivity index (χ0n) is 21.3. The van der Waals surface area contributed by atoms with Gasteiger partial charge in [-0.05, 0) is 37.5 Å². The van der Waals surface area contributed by atoms with Gasteiger partial charge >= 0.3 is 5.97 Å². The highest BCUT2D eigenvalue weighted by Gasteiger charge is 2.40. The zero-order valence-corrected chi connectivity index (χ0v) is 21.3. The molecule has 1 rings (SSSR count). The van der Waals surface area contributed by atoms with Crippen LogP contribution in [0, 0.1) is 11.8 Å². The zero-order chi connectivity index (χ0) is 26.7. The molecule has 1 aliphatic heterocycles. The van der Waals surface area contributed by atoms with Gasteiger partial charge in [-0.15, -0.1) is 0 Å². The van der Waals surface area contributed by atoms with Crippen LogP contribution in [0.4, 0.5) is 0 Å². The van der Waals surface area contributed by atoms with Crippen molar-refractivity contribution in [3.05, 3.63) is 0 Å². The number of carboxylic acids is 1. The highest BCUT2D eigenvalue weighted by molar-refractivity contribution is 5.94. The van der Waals surface area contributed by atoms with E-state index < -0.39 is 47.9 Å². The van der Waals surface area contributed by atoms with Crippen molar-refractivity contribution in [2.45, 2.75) is 90.4 Å². The molecule has 6 atom stereocenters. The fourth-order valence-electron chi connectivity index (χ4n) is 4.00. The van der Waals surface area contributed by atoms with E-state index >= 15 is 0 Å². The SMILES string of the molecule is CCC(C)C(NC(=O)C(N)CCCN=C(N)N)C(=O)NC(C(=O)N1CCCC1C(=O)O)C(C)CC. The first-order valence-corrected chi connectivity index (χ1v) is 12.4. The molecule has 0 aliphatic carbocycles. The van der Waals surface area contributed by atoms with Crippen LogP contribution in [0.15, 0.2) is 4.99 Å². The second kappa shape index (κ2) is 14.5. The molecule has 0 aromatic heterocycles. The quantitative estimate of drug-likeness (QED) is 0.104. The smallest absolute Gasteiger partial charge is 0.326 e. The van der Waals surface area contributed by atoms with Crippen molar-refractivity contribution in [2.24, 2.45) is 34.0 Å². The van der Waals surface area contributed by atoms with Gasteiger partial charge in [0.25, 0.3) is 0 Å². The van der Waals surface area contributed by atoms with Crippen LogP contribution in [0.1, 0.15) is 66.2 Å². The van der Waals surface area contributed by atoms with E-state index in [9.17, 15) is 24.3 Å². The van der Waals surface area contributed by atoms with Crippen molar-refractivity contribution >= 4 is 29.7 Å². The molecular weight excluding hydrogens is 454 g/mol. The number of rotatable bonds is 14. The summed E-state index contributed by atoms with van der Waals surface area (Å²) in [5.41, 5.74) is 16.6. The molecule has 1 heterocycles. The molecule has 0 radical (unpaired) electrons. The number of nitrogens with two attached hydrogens (primary N) is 3. The number of carbonyl (C=O) groups is 4. The van der Waals surface area contributed by atoms with Gasteiger partial charge in [-0.25, -0.2) is 4.79 Å². The summed E-state index contributed by atoms with van der Waals surface area (Å²) >= 11 is 0. The van der Waals surface area contributed by atoms with Crippen molar-refractivity contribution in [3.63, 3.8) is 0 Å². The van der Waals surface area contributed by atoms with Crippen LogP contribution in [0.5, 0.6) is 0 Å². The molecule has 200 valence electrons. The lowest BCUT2D eigenvalue weighted by Crippen LogP contribution is -2.60. The van der Waals surface area contributed by atoms with Gasteiger partial charge in [0.1, 0.15) is 18.1 Å². The number of hydrogen-bond acceptors (Lipinski definition) is 6. The van der Waals surface area contributed by atoms with Gasteiger partial charge in [0, 0.05) is 13.1 Å². The van der Waals surface area contributed by atoms with Crippen LogP contribution < -0.4 is 27.8 Å². The Morgan fingerprint density at radius 2 is 1.60 bits per heavy atom. The molecule has 0 saturated carbocycles. The second-order valence-electron chi connectivity index (χ2n) is 9.33. The highest BCUT2D eigenvalue weighted by atomic mass is 16.4. The van der Waals surface area contributed by atoms with Gasteiger partial charge < -0.3 is 37.8 Å². The van der Waals surface area contributed by atoms with Crippen molar-refractivity contribution in [3.8, 4) is 0 Å². The third-order valence-corrected chi connectivity index (χ3v) is 6.70. The Labute approximate surface area is 207 Å². The highest BCUT2D eigenvalue weighted by Crippen LogP contribution is 2.22. The Hall–Kier alpha value is -2.89. The Morgan fingerprint density at radius 1 is 1.03 bits per heavy atom. The first-order valence-electron chi connectivity index (χ1n) is 12.4. The van der Waals surface area contributed by atoms with Crippen LogP contribution in [-0.4, -0.2) is 76.9 Å². The summed E-state index contributed by atoms with van der Waals surface area (Å²) in [5.74, 6) is -2.93. The van der Waals surface area contributed by atoms with Crippen LogP contribution in [0.25, 0.3) is 0 Å². The van der Waals surface area contributed by atoms with Gasteiger partial charge in [-0.3, -0.25) is 19.4 Å². The largest absolute Gasteiger partial charge is 0.480 e. The standard InChI is InChI=1S/C23H43N7O5/c1-5-13(3)17(28-19(31)15(24)9-7-11-27-23(25)26)20(32)29-18(14(4)6-2)21(33)30-12-8-10-16(30)22(34)35/h13-18H,5-12,24H2,1-4H3,(H,28,31)(H,29,32)(H,34,35)(H4,25,26,27). The van der Waals surface area contributed by atoms with Gasteiger partial charge in [0.2, 0.25) is 17.7 Å². The van der Waals surface area contributed by atoms with E-state index in [1.165, 1.54) is 4.90 Å². The summed E-state index contributed by atoms with van der Waals surface area (Å²) in [5, 5.41) is 15.0. The van der Waals surface area contributed by atoms with Crippen molar-refractivity contribution in [1.82, 2.24) is 15.5 Å². The Balaban J connectivity index is 2.95. The first-order chi connectivity index (χ1) is 16.4. The lowest BCUT2D eigenvalue weighted by Gasteiger charge is -2.32. The topological polar surface area (TPSA) is 206 Å². The average molecular weight is 498 g/mol. The van der Waals surface area contributed by atoms with Crippen LogP contribution >= 0.6 is 0 Å². The lowest BCUT2D eigenvalue weighted by molar-refractivity contribution is -0.150. The molecule has 0 bridgehead atoms. The summed E-state index contributed by atoms with van der Waals surface area (Å²) < 4.78 is 0. The van der Waals surface area contributed by atoms with Gasteiger partial charge in [-0.1, -0.05) is 40.5 Å². The van der Waals surface area contributed by atoms with Gasteiger partial charge in [0.15, 0.2) is 5.96 Å². The van der Waals surface area contributed by atoms with Crippen molar-refractivity contribution < 1.29 is 24.3 Å². The van der Waals surface area contributed by atoms with Gasteiger partial charge in [-0.2, -0.15) is 0 Å². The number of carboxylic acid groups (broad SMARTS) is 1. The average Bonchev–Trinajstić information content (AvgIpc) is 3.32. The number of aliphatic imine (C=N–C) groups is 1. The van der Waals surface area contributed by atoms with E-state index in [1.54, 1.807) is 0 Å². The fraction of sp³-hybridized carbons (Fsp3) is 0.783. The Kier molecular flexibility index (Phi) is 12.5. The Morgan fingerprint density at radius 3 is 2.14 bits per heavy atom. The number of amides is 3. The molecule has 0 aromatic rings. The number of aliphatic carboxylic acids is 1. The van der Waals surface area contributed by atoms with Gasteiger partial charge in [0.05, 0.1) is 6.04 Å². The molecular formula is C23H43N7O5. The molecule has 12 heteroatoms. The van der Waals surface area contributed by atoms with E-state index in [-0.39, 0.29) is 17.8 Å². The third-order valence-electron chi connectivity index (χ3n) is 6.70. The number of carbonyl (C=O) groups excluding carboxylic acids is 3. The molecule has 6 unspecified atom stereocenters. The second-order valence-corrected chi connectivity index (χ2v) is 9.33. The van der Waals surface area contributed by atoms with E-state index in [4.69, 9.17) is 17.2 Å². The normalized spacial score (nSPS) is 19.7. The molecule has 0 aromatic carbocycles. The minimum Gasteiger partial charge on any atom is -0.480 e. The van der Waals surface area contributed by atoms with Crippen molar-refractivity contribution in [1.29, 1.82) is 0 Å². The minimum atomic E-state index is -1.05. The number of nitrogens with zero attached hydrogens (tertiary/aromatic N) is 2. The summed E-state index contributed by atoms with van der Waals surface area (Å²) in [4.78, 5) is 56.1. The number of likely N-dealkylation sites (tertiary alicyclic amines) is 1. The van der Waals surface area contributed by atoms with E-state index in [2.05, 4.69) is 15.6 Å². The molecule has 1 saturated heterocycles. The monoisotopic (exact) mass is 497 g/mol. The predicted molar refractivity (Wildman–Crippen MR) is 133 cm³/mol. The first kappa shape index (κ1) is 30.1. The Bertz CT molecular complexity index is 771. The van der Waals surface area contributed by atoms with Crippen LogP contribution in [-0.2, 0) is 19.2 Å². The van der Waals surface area contributed by atoms with Crippen LogP contribution in [0.2, 0.25) is 0 Å². The molecule has 3 amide bonds. The summed E-state index contributed by atoms with van der Waals surface area (Å²) in [6.07, 6.45) is 3.01. The molecule has 1 fully saturated rings. The minimum absolute atomic E-state index is 0.0365. The molecule has 9 N–H and O–H groups in total. The lowest BCUT2D eigenvalue weighted by atomic mass is 9.94. The molecule has 1 aliphatic rings. The fourth-order valence-corrected chi connectivity index (χ4v) is 4.00. The maximum Gasteiger partial charge on any atom is 0.326 e.